The second-order valence-corrected chi connectivity index (χ2v) is 14.1. The molecule has 0 N–H and O–H groups in total. The summed E-state index contributed by atoms with van der Waals surface area (Å²) in [6.45, 7) is 17.5. The van der Waals surface area contributed by atoms with Crippen molar-refractivity contribution >= 4 is 8.32 Å². The van der Waals surface area contributed by atoms with Gasteiger partial charge in [0.15, 0.2) is 8.32 Å². The molecule has 1 aromatic rings. The molecule has 0 aromatic heterocycles. The van der Waals surface area contributed by atoms with Gasteiger partial charge in [-0.1, -0.05) is 63.1 Å². The topological polar surface area (TPSA) is 36.9 Å². The van der Waals surface area contributed by atoms with E-state index in [9.17, 15) is 0 Å². The zero-order valence-corrected chi connectivity index (χ0v) is 21.4. The lowest BCUT2D eigenvalue weighted by molar-refractivity contribution is -0.0581. The number of hydrogen-bond acceptors (Lipinski definition) is 4. The number of methoxy groups -OCH3 is 1. The van der Waals surface area contributed by atoms with Crippen molar-refractivity contribution in [2.24, 2.45) is 5.92 Å². The van der Waals surface area contributed by atoms with Crippen molar-refractivity contribution in [2.45, 2.75) is 70.9 Å². The number of ether oxygens (including phenoxy) is 3. The van der Waals surface area contributed by atoms with Gasteiger partial charge in [0.25, 0.3) is 0 Å². The highest BCUT2D eigenvalue weighted by atomic mass is 28.4. The first kappa shape index (κ1) is 27.6. The van der Waals surface area contributed by atoms with Crippen molar-refractivity contribution < 1.29 is 18.6 Å². The second kappa shape index (κ2) is 14.6. The van der Waals surface area contributed by atoms with Gasteiger partial charge in [-0.3, -0.25) is 0 Å². The van der Waals surface area contributed by atoms with E-state index < -0.39 is 8.32 Å². The third-order valence-corrected chi connectivity index (χ3v) is 10.2. The van der Waals surface area contributed by atoms with E-state index in [0.29, 0.717) is 19.8 Å². The van der Waals surface area contributed by atoms with Crippen LogP contribution >= 0.6 is 0 Å². The molecule has 0 aliphatic heterocycles. The van der Waals surface area contributed by atoms with Crippen LogP contribution in [0.25, 0.3) is 0 Å². The van der Waals surface area contributed by atoms with Crippen LogP contribution in [-0.2, 0) is 25.2 Å². The van der Waals surface area contributed by atoms with Crippen LogP contribution in [0.1, 0.15) is 45.6 Å². The van der Waals surface area contributed by atoms with Crippen LogP contribution in [0, 0.1) is 17.8 Å². The average Bonchev–Trinajstić information content (AvgIpc) is 2.73. The maximum Gasteiger partial charge on any atom is 0.192 e. The molecule has 174 valence electrons. The fourth-order valence-corrected chi connectivity index (χ4v) is 3.63. The molecule has 2 atom stereocenters. The molecule has 0 saturated heterocycles. The Morgan fingerprint density at radius 1 is 1.16 bits per heavy atom. The summed E-state index contributed by atoms with van der Waals surface area (Å²) < 4.78 is 23.0. The zero-order chi connectivity index (χ0) is 23.2. The van der Waals surface area contributed by atoms with Gasteiger partial charge in [0, 0.05) is 32.7 Å². The molecule has 0 aliphatic carbocycles. The van der Waals surface area contributed by atoms with Crippen LogP contribution in [0.2, 0.25) is 18.1 Å². The molecule has 1 rings (SSSR count). The van der Waals surface area contributed by atoms with Crippen molar-refractivity contribution in [3.63, 3.8) is 0 Å². The monoisotopic (exact) mass is 446 g/mol. The van der Waals surface area contributed by atoms with Crippen LogP contribution in [-0.4, -0.2) is 41.5 Å². The maximum atomic E-state index is 6.37. The van der Waals surface area contributed by atoms with E-state index >= 15 is 0 Å². The normalized spacial score (nSPS) is 13.9. The molecular formula is C26H42O4Si. The fourth-order valence-electron chi connectivity index (χ4n) is 2.57. The largest absolute Gasteiger partial charge is 0.416 e. The molecule has 31 heavy (non-hydrogen) atoms. The summed E-state index contributed by atoms with van der Waals surface area (Å²) in [5.74, 6) is 6.69. The van der Waals surface area contributed by atoms with E-state index in [2.05, 4.69) is 64.4 Å². The van der Waals surface area contributed by atoms with E-state index in [1.54, 1.807) is 7.11 Å². The lowest BCUT2D eigenvalue weighted by atomic mass is 10.0. The van der Waals surface area contributed by atoms with Gasteiger partial charge in [0.1, 0.15) is 12.9 Å². The Balaban J connectivity index is 2.45. The van der Waals surface area contributed by atoms with Crippen molar-refractivity contribution in [3.05, 3.63) is 48.6 Å². The Hall–Kier alpha value is -1.42. The SMILES string of the molecule is C=C[C@@H](CO[Si](C)(C)C(C)(C)C)C[C@H](C#CCCCOCc1ccccc1)OCOC. The van der Waals surface area contributed by atoms with Gasteiger partial charge in [0.2, 0.25) is 0 Å². The number of unbranched alkanes of at least 4 members (excludes halogenated alkanes) is 1. The highest BCUT2D eigenvalue weighted by Gasteiger charge is 2.37. The van der Waals surface area contributed by atoms with E-state index in [-0.39, 0.29) is 23.9 Å². The van der Waals surface area contributed by atoms with Crippen LogP contribution in [0.4, 0.5) is 0 Å². The minimum absolute atomic E-state index is 0.188. The summed E-state index contributed by atoms with van der Waals surface area (Å²) in [7, 11) is -0.167. The molecule has 0 heterocycles. The molecule has 0 unspecified atom stereocenters. The average molecular weight is 447 g/mol. The quantitative estimate of drug-likeness (QED) is 0.112. The lowest BCUT2D eigenvalue weighted by Gasteiger charge is -2.37. The summed E-state index contributed by atoms with van der Waals surface area (Å²) in [5.41, 5.74) is 1.19. The van der Waals surface area contributed by atoms with Crippen molar-refractivity contribution in [3.8, 4) is 11.8 Å². The molecule has 1 aromatic carbocycles. The molecule has 5 heteroatoms. The summed E-state index contributed by atoms with van der Waals surface area (Å²) in [5, 5.41) is 0.188. The minimum Gasteiger partial charge on any atom is -0.416 e. The Morgan fingerprint density at radius 2 is 1.87 bits per heavy atom. The first-order chi connectivity index (χ1) is 14.7. The van der Waals surface area contributed by atoms with Gasteiger partial charge >= 0.3 is 0 Å². The molecule has 0 amide bonds. The Morgan fingerprint density at radius 3 is 2.48 bits per heavy atom. The van der Waals surface area contributed by atoms with E-state index in [1.165, 1.54) is 5.56 Å². The zero-order valence-electron chi connectivity index (χ0n) is 20.4. The van der Waals surface area contributed by atoms with Gasteiger partial charge in [-0.25, -0.2) is 0 Å². The Bertz CT molecular complexity index is 670. The Kier molecular flexibility index (Phi) is 13.0. The summed E-state index contributed by atoms with van der Waals surface area (Å²) in [6, 6.07) is 10.2. The van der Waals surface area contributed by atoms with Gasteiger partial charge in [0.05, 0.1) is 6.61 Å². The molecule has 4 nitrogen and oxygen atoms in total. The van der Waals surface area contributed by atoms with Crippen LogP contribution in [0.3, 0.4) is 0 Å². The van der Waals surface area contributed by atoms with Crippen molar-refractivity contribution in [2.75, 3.05) is 27.1 Å². The predicted molar refractivity (Wildman–Crippen MR) is 131 cm³/mol. The highest BCUT2D eigenvalue weighted by molar-refractivity contribution is 6.74. The molecule has 0 saturated carbocycles. The van der Waals surface area contributed by atoms with Crippen molar-refractivity contribution in [1.29, 1.82) is 0 Å². The standard InChI is InChI=1S/C26H42O4Si/c1-8-23(21-30-31(6,7)26(2,3)4)19-25(29-22-27-5)17-13-10-14-18-28-20-24-15-11-9-12-16-24/h8-9,11-12,15-16,23,25H,1,10,14,18-22H2,2-7H3/t23-,25+/m1/s1. The van der Waals surface area contributed by atoms with E-state index in [0.717, 1.165) is 19.3 Å². The van der Waals surface area contributed by atoms with Crippen LogP contribution < -0.4 is 0 Å². The fraction of sp³-hybridized carbons (Fsp3) is 0.615. The Labute approximate surface area is 191 Å². The number of benzene rings is 1. The first-order valence-corrected chi connectivity index (χ1v) is 14.1. The lowest BCUT2D eigenvalue weighted by Crippen LogP contribution is -2.42. The predicted octanol–water partition coefficient (Wildman–Crippen LogP) is 6.19. The molecule has 0 spiro atoms. The third-order valence-electron chi connectivity index (χ3n) is 5.67. The first-order valence-electron chi connectivity index (χ1n) is 11.2. The highest BCUT2D eigenvalue weighted by Crippen LogP contribution is 2.37. The third kappa shape index (κ3) is 11.7. The number of rotatable bonds is 14. The second-order valence-electron chi connectivity index (χ2n) is 9.33. The van der Waals surface area contributed by atoms with Crippen LogP contribution in [0.5, 0.6) is 0 Å². The van der Waals surface area contributed by atoms with E-state index in [1.807, 2.05) is 24.3 Å². The summed E-state index contributed by atoms with van der Waals surface area (Å²) >= 11 is 0. The summed E-state index contributed by atoms with van der Waals surface area (Å²) in [6.07, 6.45) is 4.18. The van der Waals surface area contributed by atoms with Gasteiger partial charge < -0.3 is 18.6 Å². The molecule has 0 bridgehead atoms. The molecule has 0 radical (unpaired) electrons. The van der Waals surface area contributed by atoms with Gasteiger partial charge in [-0.2, -0.15) is 0 Å². The maximum absolute atomic E-state index is 6.37. The van der Waals surface area contributed by atoms with Gasteiger partial charge in [-0.15, -0.1) is 12.5 Å². The van der Waals surface area contributed by atoms with E-state index in [4.69, 9.17) is 18.6 Å². The molecule has 0 aliphatic rings. The summed E-state index contributed by atoms with van der Waals surface area (Å²) in [4.78, 5) is 0. The molecular weight excluding hydrogens is 404 g/mol. The number of hydrogen-bond donors (Lipinski definition) is 0. The molecule has 0 fully saturated rings. The van der Waals surface area contributed by atoms with Crippen LogP contribution in [0.15, 0.2) is 43.0 Å². The minimum atomic E-state index is -1.79. The van der Waals surface area contributed by atoms with Crippen molar-refractivity contribution in [1.82, 2.24) is 0 Å². The van der Waals surface area contributed by atoms with Gasteiger partial charge in [-0.05, 0) is 36.5 Å². The smallest absolute Gasteiger partial charge is 0.192 e.